The van der Waals surface area contributed by atoms with Crippen LogP contribution in [0.25, 0.3) is 0 Å². The molecule has 2 aromatic carbocycles. The maximum Gasteiger partial charge on any atom is 0.320 e. The summed E-state index contributed by atoms with van der Waals surface area (Å²) < 4.78 is 29.6. The van der Waals surface area contributed by atoms with Crippen LogP contribution in [0.4, 0.5) is 5.69 Å². The Morgan fingerprint density at radius 2 is 1.61 bits per heavy atom. The van der Waals surface area contributed by atoms with E-state index in [1.54, 1.807) is 12.1 Å². The van der Waals surface area contributed by atoms with Crippen molar-refractivity contribution in [1.29, 1.82) is 0 Å². The smallest absolute Gasteiger partial charge is 0.320 e. The zero-order valence-electron chi connectivity index (χ0n) is 16.5. The fourth-order valence-electron chi connectivity index (χ4n) is 2.27. The third-order valence-electron chi connectivity index (χ3n) is 3.96. The molecule has 168 valence electrons. The Labute approximate surface area is 178 Å². The molecule has 0 unspecified atom stereocenters. The molecular formula is C19H22N2O9S. The van der Waals surface area contributed by atoms with Gasteiger partial charge in [0, 0.05) is 25.1 Å². The molecular weight excluding hydrogens is 432 g/mol. The van der Waals surface area contributed by atoms with Crippen LogP contribution >= 0.6 is 0 Å². The lowest BCUT2D eigenvalue weighted by Gasteiger charge is -2.13. The van der Waals surface area contributed by atoms with Gasteiger partial charge in [0.05, 0.1) is 9.82 Å². The number of aryl methyl sites for hydroxylation is 1. The molecule has 1 atom stereocenters. The van der Waals surface area contributed by atoms with Crippen molar-refractivity contribution < 1.29 is 37.7 Å². The van der Waals surface area contributed by atoms with E-state index in [0.29, 0.717) is 5.56 Å². The van der Waals surface area contributed by atoms with Crippen molar-refractivity contribution in [3.63, 3.8) is 0 Å². The van der Waals surface area contributed by atoms with Gasteiger partial charge >= 0.3 is 11.9 Å². The average Bonchev–Trinajstić information content (AvgIpc) is 2.68. The van der Waals surface area contributed by atoms with Crippen LogP contribution in [0.15, 0.2) is 53.4 Å². The zero-order valence-corrected chi connectivity index (χ0v) is 17.3. The molecule has 11 nitrogen and oxygen atoms in total. The molecule has 0 aliphatic rings. The summed E-state index contributed by atoms with van der Waals surface area (Å²) in [5.74, 6) is -2.19. The van der Waals surface area contributed by atoms with Crippen LogP contribution in [0.2, 0.25) is 0 Å². The number of aliphatic carboxylic acids is 2. The van der Waals surface area contributed by atoms with E-state index in [4.69, 9.17) is 14.8 Å². The van der Waals surface area contributed by atoms with Crippen LogP contribution in [0, 0.1) is 17.0 Å². The largest absolute Gasteiger partial charge is 0.481 e. The molecule has 0 saturated carbocycles. The highest BCUT2D eigenvalue weighted by Crippen LogP contribution is 2.12. The second-order valence-corrected chi connectivity index (χ2v) is 7.84. The van der Waals surface area contributed by atoms with Crippen LogP contribution in [-0.2, 0) is 26.3 Å². The lowest BCUT2D eigenvalue weighted by Crippen LogP contribution is -2.36. The number of carboxylic acids is 2. The number of benzene rings is 2. The Morgan fingerprint density at radius 1 is 1.06 bits per heavy atom. The molecule has 0 spiro atoms. The summed E-state index contributed by atoms with van der Waals surface area (Å²) >= 11 is 0. The van der Waals surface area contributed by atoms with Gasteiger partial charge in [0.15, 0.2) is 0 Å². The number of nitro groups is 1. The summed E-state index contributed by atoms with van der Waals surface area (Å²) in [6, 6.07) is 10.7. The van der Waals surface area contributed by atoms with Gasteiger partial charge in [0.25, 0.3) is 15.8 Å². The van der Waals surface area contributed by atoms with Gasteiger partial charge in [0.1, 0.15) is 6.04 Å². The van der Waals surface area contributed by atoms with Gasteiger partial charge in [-0.25, -0.2) is 0 Å². The first kappa shape index (κ1) is 25.7. The molecule has 0 radical (unpaired) electrons. The van der Waals surface area contributed by atoms with E-state index < -0.39 is 33.0 Å². The van der Waals surface area contributed by atoms with E-state index in [0.717, 1.165) is 5.56 Å². The molecule has 0 amide bonds. The van der Waals surface area contributed by atoms with Crippen molar-refractivity contribution in [1.82, 2.24) is 5.32 Å². The Morgan fingerprint density at radius 3 is 2.03 bits per heavy atom. The molecule has 2 aromatic rings. The van der Waals surface area contributed by atoms with Crippen LogP contribution < -0.4 is 5.32 Å². The molecule has 0 heterocycles. The lowest BCUT2D eigenvalue weighted by molar-refractivity contribution is -0.384. The standard InChI is InChI=1S/C12H14N2O6.C7H8O3S/c15-11(16)6-5-10(12(17)18)13-7-8-1-3-9(4-2-8)14(19)20;1-6-2-4-7(5-3-6)11(8,9)10/h1-4,10,13H,5-7H2,(H,15,16)(H,17,18);2-5H,1H3,(H,8,9,10)/t10-;/m0./s1. The highest BCUT2D eigenvalue weighted by atomic mass is 32.2. The Kier molecular flexibility index (Phi) is 9.73. The number of nitro benzene ring substituents is 1. The number of hydrogen-bond acceptors (Lipinski definition) is 7. The SMILES string of the molecule is Cc1ccc(S(=O)(=O)O)cc1.O=C(O)CC[C@H](NCc1ccc([N+](=O)[O-])cc1)C(=O)O. The van der Waals surface area contributed by atoms with Crippen molar-refractivity contribution in [3.8, 4) is 0 Å². The van der Waals surface area contributed by atoms with E-state index in [2.05, 4.69) is 5.32 Å². The number of non-ortho nitro benzene ring substituents is 1. The number of carboxylic acid groups (broad SMARTS) is 2. The van der Waals surface area contributed by atoms with E-state index >= 15 is 0 Å². The van der Waals surface area contributed by atoms with E-state index in [1.807, 2.05) is 6.92 Å². The quantitative estimate of drug-likeness (QED) is 0.249. The summed E-state index contributed by atoms with van der Waals surface area (Å²) in [6.45, 7) is 2.03. The minimum atomic E-state index is -4.02. The highest BCUT2D eigenvalue weighted by molar-refractivity contribution is 7.85. The molecule has 0 fully saturated rings. The molecule has 0 aromatic heterocycles. The molecule has 0 bridgehead atoms. The van der Waals surface area contributed by atoms with Crippen molar-refractivity contribution >= 4 is 27.7 Å². The first-order chi connectivity index (χ1) is 14.4. The van der Waals surface area contributed by atoms with Gasteiger partial charge in [-0.15, -0.1) is 0 Å². The number of hydrogen-bond donors (Lipinski definition) is 4. The molecule has 0 aliphatic carbocycles. The first-order valence-corrected chi connectivity index (χ1v) is 10.3. The fraction of sp³-hybridized carbons (Fsp3) is 0.263. The van der Waals surface area contributed by atoms with Gasteiger partial charge < -0.3 is 15.5 Å². The summed E-state index contributed by atoms with van der Waals surface area (Å²) in [5, 5.41) is 30.6. The topological polar surface area (TPSA) is 184 Å². The molecule has 0 aliphatic heterocycles. The predicted molar refractivity (Wildman–Crippen MR) is 109 cm³/mol. The summed E-state index contributed by atoms with van der Waals surface area (Å²) in [4.78, 5) is 31.2. The van der Waals surface area contributed by atoms with Gasteiger partial charge in [-0.2, -0.15) is 8.42 Å². The van der Waals surface area contributed by atoms with E-state index in [9.17, 15) is 28.1 Å². The molecule has 0 saturated heterocycles. The van der Waals surface area contributed by atoms with Crippen LogP contribution in [-0.4, -0.2) is 46.1 Å². The Bertz CT molecular complexity index is 1000. The van der Waals surface area contributed by atoms with Crippen LogP contribution in [0.5, 0.6) is 0 Å². The van der Waals surface area contributed by atoms with Crippen molar-refractivity contribution in [2.24, 2.45) is 0 Å². The van der Waals surface area contributed by atoms with Gasteiger partial charge in [-0.3, -0.25) is 24.3 Å². The number of nitrogens with one attached hydrogen (secondary N) is 1. The highest BCUT2D eigenvalue weighted by Gasteiger charge is 2.18. The molecule has 31 heavy (non-hydrogen) atoms. The third kappa shape index (κ3) is 9.80. The van der Waals surface area contributed by atoms with E-state index in [-0.39, 0.29) is 30.0 Å². The summed E-state index contributed by atoms with van der Waals surface area (Å²) in [5.41, 5.74) is 1.59. The van der Waals surface area contributed by atoms with Crippen LogP contribution in [0.3, 0.4) is 0 Å². The van der Waals surface area contributed by atoms with Gasteiger partial charge in [-0.05, 0) is 31.0 Å². The number of rotatable bonds is 9. The Balaban J connectivity index is 0.000000367. The monoisotopic (exact) mass is 454 g/mol. The first-order valence-electron chi connectivity index (χ1n) is 8.85. The van der Waals surface area contributed by atoms with Crippen LogP contribution in [0.1, 0.15) is 24.0 Å². The normalized spacial score (nSPS) is 11.7. The average molecular weight is 454 g/mol. The molecule has 2 rings (SSSR count). The van der Waals surface area contributed by atoms with E-state index in [1.165, 1.54) is 36.4 Å². The predicted octanol–water partition coefficient (Wildman–Crippen LogP) is 2.24. The summed E-state index contributed by atoms with van der Waals surface area (Å²) in [6.07, 6.45) is -0.276. The minimum absolute atomic E-state index is 0.0301. The third-order valence-corrected chi connectivity index (χ3v) is 4.83. The lowest BCUT2D eigenvalue weighted by atomic mass is 10.1. The minimum Gasteiger partial charge on any atom is -0.481 e. The molecule has 4 N–H and O–H groups in total. The number of nitrogens with zero attached hydrogens (tertiary/aromatic N) is 1. The van der Waals surface area contributed by atoms with Gasteiger partial charge in [0.2, 0.25) is 0 Å². The Hall–Kier alpha value is -3.35. The maximum absolute atomic E-state index is 10.9. The second-order valence-electron chi connectivity index (χ2n) is 6.42. The number of carbonyl (C=O) groups is 2. The van der Waals surface area contributed by atoms with Crippen molar-refractivity contribution in [2.75, 3.05) is 0 Å². The maximum atomic E-state index is 10.9. The van der Waals surface area contributed by atoms with Gasteiger partial charge in [-0.1, -0.05) is 29.8 Å². The second kappa shape index (κ2) is 11.7. The van der Waals surface area contributed by atoms with Crippen molar-refractivity contribution in [2.45, 2.75) is 37.2 Å². The molecule has 12 heteroatoms. The van der Waals surface area contributed by atoms with Crippen molar-refractivity contribution in [3.05, 3.63) is 69.8 Å². The summed E-state index contributed by atoms with van der Waals surface area (Å²) in [7, 11) is -4.02. The fourth-order valence-corrected chi connectivity index (χ4v) is 2.75. The zero-order chi connectivity index (χ0) is 23.6.